The standard InChI is InChI=1S/C41H42OP2/c1-7-20-36(21-8-1)43(37-22-9-2-10-23-37,38-24-11-3-12-25-38)34-19-32-42-33-35-44(39-26-13-4-14-27-39,40-28-15-5-16-29-40)41-30-17-6-18-31-41/h1-18,20-31,43-44H,19,32-35H2. The number of benzene rings is 6. The van der Waals surface area contributed by atoms with Crippen LogP contribution in [0.5, 0.6) is 0 Å². The molecule has 0 saturated carbocycles. The second kappa shape index (κ2) is 14.7. The molecule has 0 fully saturated rings. The van der Waals surface area contributed by atoms with Crippen molar-refractivity contribution in [2.75, 3.05) is 25.5 Å². The Kier molecular flexibility index (Phi) is 10.1. The summed E-state index contributed by atoms with van der Waals surface area (Å²) >= 11 is 0. The molecule has 6 rings (SSSR count). The van der Waals surface area contributed by atoms with Crippen molar-refractivity contribution in [3.63, 3.8) is 0 Å². The van der Waals surface area contributed by atoms with E-state index < -0.39 is 14.5 Å². The van der Waals surface area contributed by atoms with E-state index in [9.17, 15) is 0 Å². The monoisotopic (exact) mass is 612 g/mol. The first kappa shape index (κ1) is 30.2. The van der Waals surface area contributed by atoms with Crippen LogP contribution in [0.15, 0.2) is 182 Å². The maximum absolute atomic E-state index is 6.61. The van der Waals surface area contributed by atoms with Crippen molar-refractivity contribution in [3.05, 3.63) is 182 Å². The van der Waals surface area contributed by atoms with Gasteiger partial charge >= 0.3 is 265 Å². The number of rotatable bonds is 13. The Morgan fingerprint density at radius 2 is 0.545 bits per heavy atom. The van der Waals surface area contributed by atoms with Gasteiger partial charge in [0.15, 0.2) is 0 Å². The number of hydrogen-bond donors (Lipinski definition) is 0. The molecule has 0 aliphatic rings. The quantitative estimate of drug-likeness (QED) is 0.103. The summed E-state index contributed by atoms with van der Waals surface area (Å²) in [6.45, 7) is 1.49. The predicted molar refractivity (Wildman–Crippen MR) is 198 cm³/mol. The van der Waals surface area contributed by atoms with Crippen molar-refractivity contribution in [1.29, 1.82) is 0 Å². The van der Waals surface area contributed by atoms with Crippen molar-refractivity contribution < 1.29 is 4.74 Å². The number of ether oxygens (including phenoxy) is 1. The van der Waals surface area contributed by atoms with Crippen molar-refractivity contribution in [1.82, 2.24) is 0 Å². The van der Waals surface area contributed by atoms with E-state index in [2.05, 4.69) is 182 Å². The first-order valence-electron chi connectivity index (χ1n) is 15.7. The van der Waals surface area contributed by atoms with Crippen LogP contribution in [-0.4, -0.2) is 25.5 Å². The van der Waals surface area contributed by atoms with E-state index >= 15 is 0 Å². The Labute approximate surface area is 264 Å². The molecule has 0 N–H and O–H groups in total. The molecule has 0 amide bonds. The fourth-order valence-corrected chi connectivity index (χ4v) is 16.4. The Balaban J connectivity index is 1.26. The number of hydrogen-bond acceptors (Lipinski definition) is 1. The van der Waals surface area contributed by atoms with Gasteiger partial charge in [0.25, 0.3) is 0 Å². The fourth-order valence-electron chi connectivity index (χ4n) is 6.97. The van der Waals surface area contributed by atoms with Gasteiger partial charge in [-0.2, -0.15) is 0 Å². The molecule has 44 heavy (non-hydrogen) atoms. The second-order valence-electron chi connectivity index (χ2n) is 11.5. The maximum atomic E-state index is 6.61. The fraction of sp³-hybridized carbons (Fsp3) is 0.122. The van der Waals surface area contributed by atoms with Crippen LogP contribution in [0.1, 0.15) is 6.42 Å². The Bertz CT molecular complexity index is 1350. The summed E-state index contributed by atoms with van der Waals surface area (Å²) in [6.07, 6.45) is 3.12. The Morgan fingerprint density at radius 1 is 0.295 bits per heavy atom. The minimum atomic E-state index is -2.29. The van der Waals surface area contributed by atoms with E-state index in [1.165, 1.54) is 31.8 Å². The molecule has 0 radical (unpaired) electrons. The van der Waals surface area contributed by atoms with Crippen LogP contribution in [0.2, 0.25) is 0 Å². The molecule has 0 aliphatic carbocycles. The van der Waals surface area contributed by atoms with Gasteiger partial charge < -0.3 is 0 Å². The third kappa shape index (κ3) is 6.33. The first-order valence-corrected chi connectivity index (χ1v) is 20.2. The van der Waals surface area contributed by atoms with Crippen LogP contribution in [0.4, 0.5) is 0 Å². The molecular formula is C41H42OP2. The average Bonchev–Trinajstić information content (AvgIpc) is 3.12. The molecule has 6 aromatic rings. The van der Waals surface area contributed by atoms with Gasteiger partial charge in [0, 0.05) is 0 Å². The molecular weight excluding hydrogens is 570 g/mol. The molecule has 3 heteroatoms. The molecule has 6 aromatic carbocycles. The zero-order chi connectivity index (χ0) is 29.9. The van der Waals surface area contributed by atoms with E-state index in [0.717, 1.165) is 32.0 Å². The van der Waals surface area contributed by atoms with Crippen LogP contribution in [0, 0.1) is 0 Å². The van der Waals surface area contributed by atoms with E-state index in [1.807, 2.05) is 0 Å². The SMILES string of the molecule is c1ccc([PH](CCCOCC[PH](c2ccccc2)(c2ccccc2)c2ccccc2)(c2ccccc2)c2ccccc2)cc1. The van der Waals surface area contributed by atoms with E-state index in [4.69, 9.17) is 4.74 Å². The predicted octanol–water partition coefficient (Wildman–Crippen LogP) is 6.85. The molecule has 222 valence electrons. The van der Waals surface area contributed by atoms with Gasteiger partial charge in [-0.15, -0.1) is 0 Å². The van der Waals surface area contributed by atoms with Crippen LogP contribution in [-0.2, 0) is 4.74 Å². The molecule has 1 nitrogen and oxygen atoms in total. The molecule has 0 unspecified atom stereocenters. The van der Waals surface area contributed by atoms with Gasteiger partial charge in [0.05, 0.1) is 0 Å². The third-order valence-corrected chi connectivity index (χ3v) is 19.0. The third-order valence-electron chi connectivity index (χ3n) is 9.06. The normalized spacial score (nSPS) is 12.5. The molecule has 0 atom stereocenters. The van der Waals surface area contributed by atoms with Gasteiger partial charge in [0.2, 0.25) is 0 Å². The zero-order valence-corrected chi connectivity index (χ0v) is 27.3. The molecule has 0 bridgehead atoms. The van der Waals surface area contributed by atoms with Crippen LogP contribution in [0.3, 0.4) is 0 Å². The van der Waals surface area contributed by atoms with Crippen LogP contribution in [0.25, 0.3) is 0 Å². The van der Waals surface area contributed by atoms with Crippen LogP contribution < -0.4 is 31.8 Å². The summed E-state index contributed by atoms with van der Waals surface area (Å²) < 4.78 is 6.61. The zero-order valence-electron chi connectivity index (χ0n) is 25.3. The summed E-state index contributed by atoms with van der Waals surface area (Å²) in [4.78, 5) is 0. The summed E-state index contributed by atoms with van der Waals surface area (Å²) in [6, 6.07) is 67.0. The van der Waals surface area contributed by atoms with E-state index in [-0.39, 0.29) is 0 Å². The molecule has 0 aromatic heterocycles. The van der Waals surface area contributed by atoms with Crippen molar-refractivity contribution in [2.24, 2.45) is 0 Å². The van der Waals surface area contributed by atoms with E-state index in [1.54, 1.807) is 0 Å². The minimum absolute atomic E-state index is 0.738. The van der Waals surface area contributed by atoms with Gasteiger partial charge in [-0.3, -0.25) is 0 Å². The topological polar surface area (TPSA) is 9.23 Å². The molecule has 0 aliphatic heterocycles. The second-order valence-corrected chi connectivity index (χ2v) is 19.6. The van der Waals surface area contributed by atoms with Crippen molar-refractivity contribution in [3.8, 4) is 0 Å². The Morgan fingerprint density at radius 3 is 0.818 bits per heavy atom. The summed E-state index contributed by atoms with van der Waals surface area (Å²) in [5, 5.41) is 8.68. The summed E-state index contributed by atoms with van der Waals surface area (Å²) in [7, 11) is -4.54. The summed E-state index contributed by atoms with van der Waals surface area (Å²) in [5.74, 6) is 0. The molecule has 0 saturated heterocycles. The van der Waals surface area contributed by atoms with Gasteiger partial charge in [0.1, 0.15) is 0 Å². The van der Waals surface area contributed by atoms with Gasteiger partial charge in [-0.25, -0.2) is 0 Å². The van der Waals surface area contributed by atoms with E-state index in [0.29, 0.717) is 0 Å². The van der Waals surface area contributed by atoms with Gasteiger partial charge in [-0.05, 0) is 0 Å². The first-order chi connectivity index (χ1) is 21.8. The molecule has 0 spiro atoms. The van der Waals surface area contributed by atoms with Gasteiger partial charge in [-0.1, -0.05) is 0 Å². The van der Waals surface area contributed by atoms with Crippen LogP contribution >= 0.6 is 14.5 Å². The Hall–Kier alpha value is -3.86. The molecule has 0 heterocycles. The van der Waals surface area contributed by atoms with Crippen molar-refractivity contribution in [2.45, 2.75) is 6.42 Å². The average molecular weight is 613 g/mol. The summed E-state index contributed by atoms with van der Waals surface area (Å²) in [5.41, 5.74) is 0. The van der Waals surface area contributed by atoms with Crippen molar-refractivity contribution >= 4 is 46.4 Å².